The van der Waals surface area contributed by atoms with E-state index in [2.05, 4.69) is 115 Å². The van der Waals surface area contributed by atoms with Crippen LogP contribution in [0.2, 0.25) is 0 Å². The highest BCUT2D eigenvalue weighted by Gasteiger charge is 2.22. The van der Waals surface area contributed by atoms with Gasteiger partial charge in [-0.1, -0.05) is 158 Å². The lowest BCUT2D eigenvalue weighted by atomic mass is 9.82. The molecular formula is C50H30O. The molecule has 1 heterocycles. The van der Waals surface area contributed by atoms with Gasteiger partial charge in [0.1, 0.15) is 11.2 Å². The lowest BCUT2D eigenvalue weighted by Crippen LogP contribution is -1.93. The van der Waals surface area contributed by atoms with Crippen LogP contribution < -0.4 is 0 Å². The van der Waals surface area contributed by atoms with Crippen LogP contribution in [-0.4, -0.2) is 0 Å². The average molecular weight is 652 g/mol. The van der Waals surface area contributed by atoms with Crippen LogP contribution in [0.3, 0.4) is 0 Å². The molecular weight excluding hydrogens is 617 g/mol. The molecule has 10 aromatic carbocycles. The zero-order valence-corrected chi connectivity index (χ0v) is 27.3. The molecule has 11 rings (SSSR count). The van der Waals surface area contributed by atoms with E-state index in [1.165, 1.54) is 16.2 Å². The Morgan fingerprint density at radius 1 is 0.353 bits per heavy atom. The van der Waals surface area contributed by atoms with E-state index >= 15 is 0 Å². The average Bonchev–Trinajstić information content (AvgIpc) is 3.60. The van der Waals surface area contributed by atoms with Crippen molar-refractivity contribution in [3.63, 3.8) is 0 Å². The van der Waals surface area contributed by atoms with Gasteiger partial charge in [-0.15, -0.1) is 0 Å². The van der Waals surface area contributed by atoms with Crippen molar-refractivity contribution in [2.24, 2.45) is 0 Å². The fraction of sp³-hybridized carbons (Fsp3) is 0. The molecule has 0 fully saturated rings. The van der Waals surface area contributed by atoms with E-state index in [1.54, 1.807) is 0 Å². The molecule has 0 radical (unpaired) electrons. The highest BCUT2D eigenvalue weighted by Crippen LogP contribution is 2.49. The van der Waals surface area contributed by atoms with Crippen molar-refractivity contribution < 1.29 is 11.3 Å². The first kappa shape index (κ1) is 23.6. The maximum absolute atomic E-state index is 8.92. The zero-order valence-electron chi connectivity index (χ0n) is 32.3. The van der Waals surface area contributed by atoms with Gasteiger partial charge in [-0.25, -0.2) is 0 Å². The fourth-order valence-electron chi connectivity index (χ4n) is 8.29. The number of hydrogen-bond acceptors (Lipinski definition) is 1. The molecule has 0 N–H and O–H groups in total. The Kier molecular flexibility index (Phi) is 5.05. The van der Waals surface area contributed by atoms with Crippen LogP contribution in [0.15, 0.2) is 186 Å². The molecule has 0 saturated heterocycles. The smallest absolute Gasteiger partial charge is 0.136 e. The Morgan fingerprint density at radius 3 is 1.80 bits per heavy atom. The summed E-state index contributed by atoms with van der Waals surface area (Å²) in [5.74, 6) is 0. The largest absolute Gasteiger partial charge is 0.456 e. The normalized spacial score (nSPS) is 13.3. The SMILES string of the molecule is [2H]c1c([2H])c([2H])c(-c2ccc3c(-c4cccc5c4ccc4ccccc45)c4ccccc4c(-c4cccc5oc6cc7ccccc7cc6c45)c3c2)c([2H])c1[2H]. The predicted molar refractivity (Wildman–Crippen MR) is 218 cm³/mol. The fourth-order valence-corrected chi connectivity index (χ4v) is 8.29. The summed E-state index contributed by atoms with van der Waals surface area (Å²) in [4.78, 5) is 0. The first-order valence-electron chi connectivity index (χ1n) is 19.7. The third kappa shape index (κ3) is 4.22. The molecule has 0 amide bonds. The number of fused-ring (bicyclic) bond motifs is 9. The molecule has 11 aromatic rings. The second kappa shape index (κ2) is 10.9. The summed E-state index contributed by atoms with van der Waals surface area (Å²) >= 11 is 0. The van der Waals surface area contributed by atoms with Gasteiger partial charge in [0.25, 0.3) is 0 Å². The van der Waals surface area contributed by atoms with Gasteiger partial charge in [0.2, 0.25) is 0 Å². The Bertz CT molecular complexity index is 3460. The molecule has 1 heteroatoms. The highest BCUT2D eigenvalue weighted by molar-refractivity contribution is 6.28. The zero-order chi connectivity index (χ0) is 37.8. The van der Waals surface area contributed by atoms with Crippen LogP contribution in [0.5, 0.6) is 0 Å². The van der Waals surface area contributed by atoms with Crippen LogP contribution in [-0.2, 0) is 0 Å². The number of benzene rings is 10. The molecule has 0 aliphatic heterocycles. The summed E-state index contributed by atoms with van der Waals surface area (Å²) in [5.41, 5.74) is 6.45. The summed E-state index contributed by atoms with van der Waals surface area (Å²) in [6.45, 7) is 0. The van der Waals surface area contributed by atoms with Crippen molar-refractivity contribution in [2.45, 2.75) is 0 Å². The number of furan rings is 1. The number of hydrogen-bond donors (Lipinski definition) is 0. The molecule has 0 spiro atoms. The lowest BCUT2D eigenvalue weighted by Gasteiger charge is -2.20. The van der Waals surface area contributed by atoms with Crippen LogP contribution >= 0.6 is 0 Å². The van der Waals surface area contributed by atoms with Gasteiger partial charge in [-0.05, 0) is 112 Å². The van der Waals surface area contributed by atoms with Gasteiger partial charge < -0.3 is 4.42 Å². The van der Waals surface area contributed by atoms with Gasteiger partial charge in [0.05, 0.1) is 6.85 Å². The third-order valence-corrected chi connectivity index (χ3v) is 10.5. The van der Waals surface area contributed by atoms with Crippen molar-refractivity contribution >= 4 is 75.8 Å². The third-order valence-electron chi connectivity index (χ3n) is 10.5. The Morgan fingerprint density at radius 2 is 0.980 bits per heavy atom. The van der Waals surface area contributed by atoms with Crippen molar-refractivity contribution in [1.29, 1.82) is 0 Å². The van der Waals surface area contributed by atoms with E-state index in [9.17, 15) is 0 Å². The van der Waals surface area contributed by atoms with Gasteiger partial charge in [-0.3, -0.25) is 0 Å². The quantitative estimate of drug-likeness (QED) is 0.137. The molecule has 0 aliphatic carbocycles. The van der Waals surface area contributed by atoms with Gasteiger partial charge >= 0.3 is 0 Å². The molecule has 0 atom stereocenters. The molecule has 0 unspecified atom stereocenters. The lowest BCUT2D eigenvalue weighted by molar-refractivity contribution is 0.669. The molecule has 1 nitrogen and oxygen atoms in total. The molecule has 0 aliphatic rings. The Labute approximate surface area is 301 Å². The van der Waals surface area contributed by atoms with Crippen LogP contribution in [0.25, 0.3) is 109 Å². The maximum Gasteiger partial charge on any atom is 0.136 e. The van der Waals surface area contributed by atoms with Crippen LogP contribution in [0.4, 0.5) is 0 Å². The van der Waals surface area contributed by atoms with Crippen molar-refractivity contribution in [3.8, 4) is 33.4 Å². The van der Waals surface area contributed by atoms with E-state index in [0.29, 0.717) is 5.56 Å². The maximum atomic E-state index is 8.92. The first-order valence-corrected chi connectivity index (χ1v) is 17.2. The summed E-state index contributed by atoms with van der Waals surface area (Å²) < 4.78 is 49.7. The van der Waals surface area contributed by atoms with Gasteiger partial charge in [0.15, 0.2) is 0 Å². The monoisotopic (exact) mass is 651 g/mol. The van der Waals surface area contributed by atoms with E-state index in [0.717, 1.165) is 81.9 Å². The van der Waals surface area contributed by atoms with Crippen molar-refractivity contribution in [2.75, 3.05) is 0 Å². The van der Waals surface area contributed by atoms with E-state index in [4.69, 9.17) is 11.3 Å². The van der Waals surface area contributed by atoms with E-state index in [-0.39, 0.29) is 29.7 Å². The second-order valence-corrected chi connectivity index (χ2v) is 13.2. The summed E-state index contributed by atoms with van der Waals surface area (Å²) in [5, 5.41) is 12.9. The predicted octanol–water partition coefficient (Wildman–Crippen LogP) is 14.4. The van der Waals surface area contributed by atoms with E-state index < -0.39 is 6.04 Å². The van der Waals surface area contributed by atoms with Gasteiger partial charge in [0, 0.05) is 10.8 Å². The molecule has 236 valence electrons. The summed E-state index contributed by atoms with van der Waals surface area (Å²) in [6.07, 6.45) is 0. The van der Waals surface area contributed by atoms with Crippen LogP contribution in [0.1, 0.15) is 6.85 Å². The second-order valence-electron chi connectivity index (χ2n) is 13.2. The molecule has 51 heavy (non-hydrogen) atoms. The molecule has 0 bridgehead atoms. The number of rotatable bonds is 3. The highest BCUT2D eigenvalue weighted by atomic mass is 16.3. The topological polar surface area (TPSA) is 13.1 Å². The Hall–Kier alpha value is -6.70. The Balaban J connectivity index is 1.32. The van der Waals surface area contributed by atoms with Gasteiger partial charge in [-0.2, -0.15) is 0 Å². The first-order chi connectivity index (χ1) is 27.4. The minimum atomic E-state index is -0.409. The summed E-state index contributed by atoms with van der Waals surface area (Å²) in [6, 6.07) is 51.1. The molecule has 0 saturated carbocycles. The van der Waals surface area contributed by atoms with Crippen molar-refractivity contribution in [3.05, 3.63) is 182 Å². The van der Waals surface area contributed by atoms with Crippen molar-refractivity contribution in [1.82, 2.24) is 0 Å². The van der Waals surface area contributed by atoms with Crippen LogP contribution in [0, 0.1) is 0 Å². The molecule has 1 aromatic heterocycles. The van der Waals surface area contributed by atoms with E-state index in [1.807, 2.05) is 36.4 Å². The summed E-state index contributed by atoms with van der Waals surface area (Å²) in [7, 11) is 0. The standard InChI is InChI=1S/C50H30O/c1-2-12-31(13-3-1)35-25-27-42-44(28-35)49(43-22-11-23-46-50(43)45-29-33-15-4-5-16-34(33)30-47(45)51-46)41-19-9-8-18-40(41)48(42)39-21-10-20-37-36-17-7-6-14-32(36)24-26-38(37)39/h1-30H/i1D,2D,3D,12D,13D. The minimum absolute atomic E-state index is 0.175. The minimum Gasteiger partial charge on any atom is -0.456 e.